The summed E-state index contributed by atoms with van der Waals surface area (Å²) in [7, 11) is -0.338. The van der Waals surface area contributed by atoms with Gasteiger partial charge in [-0.3, -0.25) is 23.6 Å². The quantitative estimate of drug-likeness (QED) is 0.383. The molecule has 11 heteroatoms. The van der Waals surface area contributed by atoms with Gasteiger partial charge in [-0.05, 0) is 30.0 Å². The molecule has 4 atom stereocenters. The van der Waals surface area contributed by atoms with Crippen LogP contribution in [0, 0.1) is 0 Å². The fourth-order valence-corrected chi connectivity index (χ4v) is 7.16. The molecule has 2 aliphatic rings. The summed E-state index contributed by atoms with van der Waals surface area (Å²) in [5.41, 5.74) is -1.04. The van der Waals surface area contributed by atoms with Gasteiger partial charge in [-0.1, -0.05) is 34.8 Å². The van der Waals surface area contributed by atoms with Gasteiger partial charge >= 0.3 is 0 Å². The van der Waals surface area contributed by atoms with Crippen molar-refractivity contribution in [3.8, 4) is 0 Å². The molecule has 1 saturated heterocycles. The van der Waals surface area contributed by atoms with E-state index in [1.807, 2.05) is 0 Å². The van der Waals surface area contributed by atoms with Crippen molar-refractivity contribution in [2.75, 3.05) is 12.0 Å². The molecule has 2 amide bonds. The first kappa shape index (κ1) is 21.1. The Bertz CT molecular complexity index is 824. The molecule has 0 aliphatic carbocycles. The van der Waals surface area contributed by atoms with Gasteiger partial charge in [0.2, 0.25) is 5.91 Å². The Kier molecular flexibility index (Phi) is 5.71. The maximum Gasteiger partial charge on any atom is 0.285 e. The van der Waals surface area contributed by atoms with Crippen LogP contribution >= 0.6 is 46.1 Å². The number of fused-ring (bicyclic) bond motifs is 1. The summed E-state index contributed by atoms with van der Waals surface area (Å²) in [4.78, 5) is 28.1. The topological polar surface area (TPSA) is 66.9 Å². The number of ether oxygens (including phenoxy) is 1. The number of hydrogen-bond acceptors (Lipinski definition) is 5. The lowest BCUT2D eigenvalue weighted by Crippen LogP contribution is -2.83. The minimum absolute atomic E-state index is 0.0179. The van der Waals surface area contributed by atoms with Crippen LogP contribution in [-0.2, 0) is 25.1 Å². The fourth-order valence-electron chi connectivity index (χ4n) is 3.45. The maximum absolute atomic E-state index is 13.4. The molecule has 148 valence electrons. The van der Waals surface area contributed by atoms with Crippen LogP contribution in [0.1, 0.15) is 20.3 Å². The zero-order valence-electron chi connectivity index (χ0n) is 14.6. The summed E-state index contributed by atoms with van der Waals surface area (Å²) in [5, 5.41) is 0.822. The van der Waals surface area contributed by atoms with Gasteiger partial charge < -0.3 is 4.74 Å². The zero-order valence-corrected chi connectivity index (χ0v) is 18.5. The fraction of sp³-hybridized carbons (Fsp3) is 0.500. The number of hydrogen-bond donors (Lipinski definition) is 0. The van der Waals surface area contributed by atoms with E-state index in [1.165, 1.54) is 35.2 Å². The lowest BCUT2D eigenvalue weighted by Gasteiger charge is -2.58. The molecule has 3 unspecified atom stereocenters. The lowest BCUT2D eigenvalue weighted by atomic mass is 9.98. The highest BCUT2D eigenvalue weighted by atomic mass is 35.6. The molecular weight excluding hydrogens is 455 g/mol. The molecule has 0 aromatic carbocycles. The van der Waals surface area contributed by atoms with Gasteiger partial charge in [0.15, 0.2) is 9.17 Å². The van der Waals surface area contributed by atoms with Crippen molar-refractivity contribution < 1.29 is 18.5 Å². The Morgan fingerprint density at radius 3 is 2.63 bits per heavy atom. The summed E-state index contributed by atoms with van der Waals surface area (Å²) in [6.45, 7) is 3.07. The first-order valence-corrected chi connectivity index (χ1v) is 11.2. The molecule has 2 aliphatic heterocycles. The molecule has 27 heavy (non-hydrogen) atoms. The van der Waals surface area contributed by atoms with Crippen LogP contribution in [0.15, 0.2) is 29.3 Å². The number of anilines is 1. The SMILES string of the molecule is COC1(N(C(C)=O)c2cccs2)C(=O)N2C=C(C)C(CC(Cl)(Cl)Cl)S(=O)[C@@H]21. The van der Waals surface area contributed by atoms with Gasteiger partial charge in [0.25, 0.3) is 11.6 Å². The minimum Gasteiger partial charge on any atom is -0.348 e. The molecule has 0 bridgehead atoms. The Morgan fingerprint density at radius 2 is 2.15 bits per heavy atom. The minimum atomic E-state index is -1.70. The molecule has 3 heterocycles. The van der Waals surface area contributed by atoms with Crippen molar-refractivity contribution in [3.63, 3.8) is 0 Å². The van der Waals surface area contributed by atoms with Crippen molar-refractivity contribution in [2.45, 2.75) is 40.4 Å². The van der Waals surface area contributed by atoms with Crippen molar-refractivity contribution in [1.29, 1.82) is 0 Å². The standard InChI is InChI=1S/C16H17Cl3N2O4S2/c1-9-8-20-13(23)16(25-3,21(10(2)22)12-5-4-6-26-12)14(20)27(24)11(9)7-15(17,18)19/h4-6,8,11,14H,7H2,1-3H3/t11?,14-,16?,27?/m1/s1. The Hall–Kier alpha value is -0.640. The predicted molar refractivity (Wildman–Crippen MR) is 108 cm³/mol. The number of carbonyl (C=O) groups is 2. The second-order valence-corrected chi connectivity index (χ2v) is 11.4. The molecule has 3 rings (SSSR count). The Morgan fingerprint density at radius 1 is 1.48 bits per heavy atom. The number of β-lactam (4-membered cyclic amide) rings is 1. The number of halogens is 3. The number of methoxy groups -OCH3 is 1. The maximum atomic E-state index is 13.4. The Labute approximate surface area is 178 Å². The molecule has 1 aromatic heterocycles. The van der Waals surface area contributed by atoms with Crippen molar-refractivity contribution in [1.82, 2.24) is 4.90 Å². The van der Waals surface area contributed by atoms with Crippen LogP contribution in [0.25, 0.3) is 0 Å². The molecule has 0 spiro atoms. The molecule has 1 aromatic rings. The molecule has 0 N–H and O–H groups in total. The number of nitrogens with zero attached hydrogens (tertiary/aromatic N) is 2. The average Bonchev–Trinajstić information content (AvgIpc) is 3.08. The monoisotopic (exact) mass is 470 g/mol. The van der Waals surface area contributed by atoms with Crippen LogP contribution in [0.5, 0.6) is 0 Å². The van der Waals surface area contributed by atoms with E-state index in [4.69, 9.17) is 39.5 Å². The van der Waals surface area contributed by atoms with Crippen LogP contribution in [-0.4, -0.2) is 48.2 Å². The van der Waals surface area contributed by atoms with Crippen molar-refractivity contribution >= 4 is 73.8 Å². The summed E-state index contributed by atoms with van der Waals surface area (Å²) >= 11 is 19.0. The van der Waals surface area contributed by atoms with E-state index in [2.05, 4.69) is 0 Å². The average molecular weight is 472 g/mol. The molecule has 6 nitrogen and oxygen atoms in total. The van der Waals surface area contributed by atoms with Crippen LogP contribution in [0.4, 0.5) is 5.00 Å². The van der Waals surface area contributed by atoms with E-state index in [0.29, 0.717) is 10.6 Å². The summed E-state index contributed by atoms with van der Waals surface area (Å²) in [5.74, 6) is -0.855. The first-order chi connectivity index (χ1) is 12.5. The Balaban J connectivity index is 2.08. The van der Waals surface area contributed by atoms with E-state index < -0.39 is 42.8 Å². The summed E-state index contributed by atoms with van der Waals surface area (Å²) < 4.78 is 17.4. The summed E-state index contributed by atoms with van der Waals surface area (Å²) in [6.07, 6.45) is 1.61. The van der Waals surface area contributed by atoms with Gasteiger partial charge in [0.05, 0.1) is 16.0 Å². The number of carbonyl (C=O) groups excluding carboxylic acids is 2. The predicted octanol–water partition coefficient (Wildman–Crippen LogP) is 3.41. The van der Waals surface area contributed by atoms with Crippen LogP contribution < -0.4 is 4.90 Å². The number of amides is 2. The zero-order chi connectivity index (χ0) is 20.1. The van der Waals surface area contributed by atoms with Gasteiger partial charge in [-0.2, -0.15) is 0 Å². The largest absolute Gasteiger partial charge is 0.348 e. The lowest BCUT2D eigenvalue weighted by molar-refractivity contribution is -0.182. The van der Waals surface area contributed by atoms with Crippen LogP contribution in [0.3, 0.4) is 0 Å². The second-order valence-electron chi connectivity index (χ2n) is 6.28. The van der Waals surface area contributed by atoms with Crippen LogP contribution in [0.2, 0.25) is 0 Å². The van der Waals surface area contributed by atoms with E-state index >= 15 is 0 Å². The molecule has 1 fully saturated rings. The number of rotatable bonds is 4. The van der Waals surface area contributed by atoms with Gasteiger partial charge in [0.1, 0.15) is 5.00 Å². The third kappa shape index (κ3) is 3.34. The smallest absolute Gasteiger partial charge is 0.285 e. The third-order valence-corrected chi connectivity index (χ3v) is 7.98. The highest BCUT2D eigenvalue weighted by Crippen LogP contribution is 2.48. The van der Waals surface area contributed by atoms with E-state index in [9.17, 15) is 13.8 Å². The highest BCUT2D eigenvalue weighted by molar-refractivity contribution is 7.86. The molecule has 0 saturated carbocycles. The van der Waals surface area contributed by atoms with E-state index in [-0.39, 0.29) is 6.42 Å². The van der Waals surface area contributed by atoms with Gasteiger partial charge in [-0.15, -0.1) is 11.3 Å². The van der Waals surface area contributed by atoms with E-state index in [1.54, 1.807) is 30.6 Å². The van der Waals surface area contributed by atoms with Gasteiger partial charge in [0, 0.05) is 26.7 Å². The third-order valence-electron chi connectivity index (χ3n) is 4.58. The van der Waals surface area contributed by atoms with Gasteiger partial charge in [-0.25, -0.2) is 0 Å². The second kappa shape index (κ2) is 7.31. The highest BCUT2D eigenvalue weighted by Gasteiger charge is 2.70. The summed E-state index contributed by atoms with van der Waals surface area (Å²) in [6, 6.07) is 3.46. The normalized spacial score (nSPS) is 30.4. The van der Waals surface area contributed by atoms with E-state index in [0.717, 1.165) is 0 Å². The first-order valence-electron chi connectivity index (χ1n) is 7.91. The molecular formula is C16H17Cl3N2O4S2. The number of thiophene rings is 1. The number of alkyl halides is 3. The van der Waals surface area contributed by atoms with Crippen molar-refractivity contribution in [2.24, 2.45) is 0 Å². The van der Waals surface area contributed by atoms with Crippen molar-refractivity contribution in [3.05, 3.63) is 29.3 Å². The molecule has 0 radical (unpaired) electrons.